The molecule has 0 saturated carbocycles. The van der Waals surface area contributed by atoms with Crippen molar-refractivity contribution in [2.24, 2.45) is 0 Å². The maximum absolute atomic E-state index is 13.8. The predicted octanol–water partition coefficient (Wildman–Crippen LogP) is 2.69. The Morgan fingerprint density at radius 2 is 2.21 bits per heavy atom. The average molecular weight is 285 g/mol. The standard InChI is InChI=1S/C14H18ClFN2O/c1-9-7-17-14(2,3)8-18(9)13(19)12-10(15)5-4-6-11(12)16/h4-6,9,17H,7-8H2,1-3H3. The van der Waals surface area contributed by atoms with Crippen LogP contribution >= 0.6 is 11.6 Å². The van der Waals surface area contributed by atoms with Gasteiger partial charge in [-0.3, -0.25) is 4.79 Å². The molecule has 1 aromatic carbocycles. The normalized spacial score (nSPS) is 22.4. The highest BCUT2D eigenvalue weighted by molar-refractivity contribution is 6.33. The number of carbonyl (C=O) groups is 1. The molecule has 1 unspecified atom stereocenters. The predicted molar refractivity (Wildman–Crippen MR) is 74.0 cm³/mol. The maximum atomic E-state index is 13.8. The van der Waals surface area contributed by atoms with E-state index in [1.54, 1.807) is 4.90 Å². The van der Waals surface area contributed by atoms with Gasteiger partial charge in [0.25, 0.3) is 5.91 Å². The van der Waals surface area contributed by atoms with Gasteiger partial charge in [0.05, 0.1) is 10.6 Å². The van der Waals surface area contributed by atoms with Crippen molar-refractivity contribution in [3.63, 3.8) is 0 Å². The van der Waals surface area contributed by atoms with E-state index in [0.29, 0.717) is 13.1 Å². The van der Waals surface area contributed by atoms with E-state index in [9.17, 15) is 9.18 Å². The van der Waals surface area contributed by atoms with Gasteiger partial charge in [-0.2, -0.15) is 0 Å². The van der Waals surface area contributed by atoms with Crippen LogP contribution in [-0.2, 0) is 0 Å². The number of hydrogen-bond acceptors (Lipinski definition) is 2. The largest absolute Gasteiger partial charge is 0.333 e. The minimum atomic E-state index is -0.568. The van der Waals surface area contributed by atoms with Gasteiger partial charge in [0.15, 0.2) is 0 Å². The van der Waals surface area contributed by atoms with E-state index < -0.39 is 5.82 Å². The first-order valence-electron chi connectivity index (χ1n) is 6.32. The molecule has 0 radical (unpaired) electrons. The van der Waals surface area contributed by atoms with Gasteiger partial charge in [-0.25, -0.2) is 4.39 Å². The molecule has 0 bridgehead atoms. The van der Waals surface area contributed by atoms with Crippen LogP contribution in [0.4, 0.5) is 4.39 Å². The Labute approximate surface area is 117 Å². The summed E-state index contributed by atoms with van der Waals surface area (Å²) in [5.74, 6) is -0.911. The Morgan fingerprint density at radius 1 is 1.53 bits per heavy atom. The molecule has 1 N–H and O–H groups in total. The quantitative estimate of drug-likeness (QED) is 0.860. The molecular formula is C14H18ClFN2O. The van der Waals surface area contributed by atoms with Crippen molar-refractivity contribution in [3.05, 3.63) is 34.6 Å². The molecular weight excluding hydrogens is 267 g/mol. The highest BCUT2D eigenvalue weighted by atomic mass is 35.5. The summed E-state index contributed by atoms with van der Waals surface area (Å²) in [6.45, 7) is 7.18. The molecule has 1 aliphatic rings. The van der Waals surface area contributed by atoms with Crippen molar-refractivity contribution in [2.75, 3.05) is 13.1 Å². The van der Waals surface area contributed by atoms with Crippen LogP contribution in [0.3, 0.4) is 0 Å². The van der Waals surface area contributed by atoms with E-state index in [1.807, 2.05) is 20.8 Å². The molecule has 1 amide bonds. The number of nitrogens with one attached hydrogen (secondary N) is 1. The van der Waals surface area contributed by atoms with Gasteiger partial charge in [0.2, 0.25) is 0 Å². The van der Waals surface area contributed by atoms with Crippen molar-refractivity contribution in [3.8, 4) is 0 Å². The molecule has 1 saturated heterocycles. The van der Waals surface area contributed by atoms with Crippen LogP contribution < -0.4 is 5.32 Å². The molecule has 1 aromatic rings. The molecule has 5 heteroatoms. The molecule has 1 heterocycles. The van der Waals surface area contributed by atoms with Gasteiger partial charge in [-0.05, 0) is 32.9 Å². The third-order valence-electron chi connectivity index (χ3n) is 3.41. The minimum Gasteiger partial charge on any atom is -0.333 e. The summed E-state index contributed by atoms with van der Waals surface area (Å²) >= 11 is 5.96. The molecule has 1 fully saturated rings. The molecule has 0 aliphatic carbocycles. The first kappa shape index (κ1) is 14.3. The van der Waals surface area contributed by atoms with Crippen molar-refractivity contribution < 1.29 is 9.18 Å². The second-order valence-electron chi connectivity index (χ2n) is 5.64. The first-order valence-corrected chi connectivity index (χ1v) is 6.69. The van der Waals surface area contributed by atoms with Crippen LogP contribution in [0.25, 0.3) is 0 Å². The van der Waals surface area contributed by atoms with Gasteiger partial charge in [-0.15, -0.1) is 0 Å². The zero-order valence-corrected chi connectivity index (χ0v) is 12.1. The van der Waals surface area contributed by atoms with Crippen LogP contribution in [0.1, 0.15) is 31.1 Å². The Hall–Kier alpha value is -1.13. The summed E-state index contributed by atoms with van der Waals surface area (Å²) in [6.07, 6.45) is 0. The van der Waals surface area contributed by atoms with Crippen LogP contribution in [-0.4, -0.2) is 35.5 Å². The molecule has 19 heavy (non-hydrogen) atoms. The second kappa shape index (κ2) is 5.10. The maximum Gasteiger partial charge on any atom is 0.258 e. The van der Waals surface area contributed by atoms with E-state index in [-0.39, 0.29) is 28.1 Å². The summed E-state index contributed by atoms with van der Waals surface area (Å²) in [4.78, 5) is 14.2. The molecule has 0 spiro atoms. The number of benzene rings is 1. The summed E-state index contributed by atoms with van der Waals surface area (Å²) in [7, 11) is 0. The van der Waals surface area contributed by atoms with Gasteiger partial charge in [-0.1, -0.05) is 17.7 Å². The molecule has 1 atom stereocenters. The highest BCUT2D eigenvalue weighted by Gasteiger charge is 2.35. The Kier molecular flexibility index (Phi) is 3.83. The number of carbonyl (C=O) groups excluding carboxylic acids is 1. The van der Waals surface area contributed by atoms with E-state index in [2.05, 4.69) is 5.32 Å². The molecule has 0 aromatic heterocycles. The fourth-order valence-corrected chi connectivity index (χ4v) is 2.53. The topological polar surface area (TPSA) is 32.3 Å². The lowest BCUT2D eigenvalue weighted by molar-refractivity contribution is 0.0529. The lowest BCUT2D eigenvalue weighted by Gasteiger charge is -2.43. The molecule has 3 nitrogen and oxygen atoms in total. The van der Waals surface area contributed by atoms with E-state index >= 15 is 0 Å². The molecule has 2 rings (SSSR count). The lowest BCUT2D eigenvalue weighted by Crippen LogP contribution is -2.62. The second-order valence-corrected chi connectivity index (χ2v) is 6.05. The Morgan fingerprint density at radius 3 is 2.84 bits per heavy atom. The minimum absolute atomic E-state index is 0.0104. The summed E-state index contributed by atoms with van der Waals surface area (Å²) in [5, 5.41) is 3.51. The number of nitrogens with zero attached hydrogens (tertiary/aromatic N) is 1. The van der Waals surface area contributed by atoms with E-state index in [0.717, 1.165) is 0 Å². The summed E-state index contributed by atoms with van der Waals surface area (Å²) in [5.41, 5.74) is -0.214. The average Bonchev–Trinajstić information content (AvgIpc) is 2.32. The number of amides is 1. The van der Waals surface area contributed by atoms with Crippen LogP contribution in [0.2, 0.25) is 5.02 Å². The number of halogens is 2. The fourth-order valence-electron chi connectivity index (χ4n) is 2.29. The van der Waals surface area contributed by atoms with Crippen molar-refractivity contribution in [2.45, 2.75) is 32.4 Å². The van der Waals surface area contributed by atoms with Crippen molar-refractivity contribution in [1.29, 1.82) is 0 Å². The number of hydrogen-bond donors (Lipinski definition) is 1. The smallest absolute Gasteiger partial charge is 0.258 e. The van der Waals surface area contributed by atoms with Crippen LogP contribution in [0.15, 0.2) is 18.2 Å². The molecule has 1 aliphatic heterocycles. The monoisotopic (exact) mass is 284 g/mol. The zero-order valence-electron chi connectivity index (χ0n) is 11.3. The highest BCUT2D eigenvalue weighted by Crippen LogP contribution is 2.24. The summed E-state index contributed by atoms with van der Waals surface area (Å²) in [6, 6.07) is 4.31. The molecule has 104 valence electrons. The SMILES string of the molecule is CC1CNC(C)(C)CN1C(=O)c1c(F)cccc1Cl. The van der Waals surface area contributed by atoms with Crippen LogP contribution in [0, 0.1) is 5.82 Å². The van der Waals surface area contributed by atoms with Crippen molar-refractivity contribution >= 4 is 17.5 Å². The first-order chi connectivity index (χ1) is 8.82. The third-order valence-corrected chi connectivity index (χ3v) is 3.73. The Bertz CT molecular complexity index is 484. The summed E-state index contributed by atoms with van der Waals surface area (Å²) < 4.78 is 13.8. The van der Waals surface area contributed by atoms with E-state index in [1.165, 1.54) is 18.2 Å². The van der Waals surface area contributed by atoms with Crippen molar-refractivity contribution in [1.82, 2.24) is 10.2 Å². The van der Waals surface area contributed by atoms with E-state index in [4.69, 9.17) is 11.6 Å². The van der Waals surface area contributed by atoms with Crippen LogP contribution in [0.5, 0.6) is 0 Å². The van der Waals surface area contributed by atoms with Gasteiger partial charge >= 0.3 is 0 Å². The Balaban J connectivity index is 2.33. The third kappa shape index (κ3) is 2.90. The van der Waals surface area contributed by atoms with Gasteiger partial charge in [0.1, 0.15) is 5.82 Å². The van der Waals surface area contributed by atoms with Gasteiger partial charge < -0.3 is 10.2 Å². The van der Waals surface area contributed by atoms with Gasteiger partial charge in [0, 0.05) is 24.7 Å². The number of piperazine rings is 1. The zero-order chi connectivity index (χ0) is 14.2. The lowest BCUT2D eigenvalue weighted by atomic mass is 9.98. The number of rotatable bonds is 1. The fraction of sp³-hybridized carbons (Fsp3) is 0.500.